The molecule has 1 aromatic rings. The van der Waals surface area contributed by atoms with Crippen LogP contribution in [0.15, 0.2) is 21.9 Å². The number of aromatic nitrogens is 2. The number of H-pyrrole nitrogens is 1. The van der Waals surface area contributed by atoms with E-state index in [0.29, 0.717) is 0 Å². The minimum Gasteiger partial charge on any atom is -0.382 e. The lowest BCUT2D eigenvalue weighted by Gasteiger charge is -2.36. The van der Waals surface area contributed by atoms with Crippen molar-refractivity contribution in [3.63, 3.8) is 0 Å². The van der Waals surface area contributed by atoms with Gasteiger partial charge in [0.25, 0.3) is 5.56 Å². The average Bonchev–Trinajstić information content (AvgIpc) is 2.89. The van der Waals surface area contributed by atoms with Crippen LogP contribution in [0.5, 0.6) is 0 Å². The van der Waals surface area contributed by atoms with E-state index in [2.05, 4.69) is 14.6 Å². The molecule has 25 heavy (non-hydrogen) atoms. The monoisotopic (exact) mass is 379 g/mol. The van der Waals surface area contributed by atoms with Crippen molar-refractivity contribution in [2.75, 3.05) is 34.0 Å². The van der Waals surface area contributed by atoms with E-state index >= 15 is 0 Å². The summed E-state index contributed by atoms with van der Waals surface area (Å²) in [6.07, 6.45) is 0.502. The van der Waals surface area contributed by atoms with Crippen molar-refractivity contribution in [2.24, 2.45) is 0 Å². The fourth-order valence-electron chi connectivity index (χ4n) is 2.65. The van der Waals surface area contributed by atoms with Gasteiger partial charge in [-0.05, 0) is 6.92 Å². The van der Waals surface area contributed by atoms with Gasteiger partial charge >= 0.3 is 13.4 Å². The second-order valence-electron chi connectivity index (χ2n) is 5.63. The van der Waals surface area contributed by atoms with E-state index in [0.717, 1.165) is 7.11 Å². The molecule has 1 aromatic heterocycles. The maximum absolute atomic E-state index is 11.9. The quantitative estimate of drug-likeness (QED) is 0.495. The Kier molecular flexibility index (Phi) is 6.33. The molecule has 2 heterocycles. The molecule has 1 fully saturated rings. The molecular weight excluding hydrogens is 357 g/mol. The van der Waals surface area contributed by atoms with E-state index in [4.69, 9.17) is 14.2 Å². The van der Waals surface area contributed by atoms with Gasteiger partial charge in [0.15, 0.2) is 0 Å². The largest absolute Gasteiger partial charge is 0.403 e. The number of aromatic amines is 1. The van der Waals surface area contributed by atoms with Gasteiger partial charge in [-0.2, -0.15) is 0 Å². The molecular formula is C13H22N3O8P. The highest BCUT2D eigenvalue weighted by molar-refractivity contribution is 7.50. The molecule has 4 atom stereocenters. The zero-order valence-electron chi connectivity index (χ0n) is 14.1. The predicted molar refractivity (Wildman–Crippen MR) is 86.3 cm³/mol. The summed E-state index contributed by atoms with van der Waals surface area (Å²) in [4.78, 5) is 34.9. The first-order chi connectivity index (χ1) is 11.7. The Morgan fingerprint density at radius 3 is 2.88 bits per heavy atom. The van der Waals surface area contributed by atoms with E-state index in [9.17, 15) is 19.0 Å². The minimum absolute atomic E-state index is 0.0385. The molecule has 3 N–H and O–H groups in total. The van der Waals surface area contributed by atoms with Crippen LogP contribution in [0.4, 0.5) is 0 Å². The Morgan fingerprint density at radius 1 is 1.56 bits per heavy atom. The highest BCUT2D eigenvalue weighted by Crippen LogP contribution is 2.40. The van der Waals surface area contributed by atoms with Gasteiger partial charge in [-0.1, -0.05) is 0 Å². The van der Waals surface area contributed by atoms with Crippen LogP contribution in [0.3, 0.4) is 0 Å². The Labute approximate surface area is 143 Å². The molecule has 0 spiro atoms. The Hall–Kier alpha value is -1.33. The Balaban J connectivity index is 2.27. The summed E-state index contributed by atoms with van der Waals surface area (Å²) >= 11 is 0. The van der Waals surface area contributed by atoms with Crippen LogP contribution in [0.25, 0.3) is 0 Å². The SMILES string of the molecule is COC[C@]1(OC(C)n2ccc(=O)[nH]c2=O)COC[C@@H]1NP(=O)(O)OC. The van der Waals surface area contributed by atoms with Crippen molar-refractivity contribution in [3.05, 3.63) is 33.1 Å². The van der Waals surface area contributed by atoms with Gasteiger partial charge < -0.3 is 23.6 Å². The topological polar surface area (TPSA) is 141 Å². The summed E-state index contributed by atoms with van der Waals surface area (Å²) in [5, 5.41) is 2.47. The van der Waals surface area contributed by atoms with Crippen molar-refractivity contribution in [1.82, 2.24) is 14.6 Å². The number of nitrogens with one attached hydrogen (secondary N) is 2. The van der Waals surface area contributed by atoms with Crippen LogP contribution in [-0.2, 0) is 23.3 Å². The number of ether oxygens (including phenoxy) is 3. The molecule has 1 aliphatic heterocycles. The second kappa shape index (κ2) is 7.92. The zero-order valence-corrected chi connectivity index (χ0v) is 15.0. The van der Waals surface area contributed by atoms with Gasteiger partial charge in [-0.15, -0.1) is 0 Å². The first kappa shape index (κ1) is 20.0. The third-order valence-corrected chi connectivity index (χ3v) is 5.00. The van der Waals surface area contributed by atoms with Crippen LogP contribution in [-0.4, -0.2) is 60.1 Å². The van der Waals surface area contributed by atoms with E-state index in [1.54, 1.807) is 6.92 Å². The van der Waals surface area contributed by atoms with Crippen molar-refractivity contribution in [1.29, 1.82) is 0 Å². The van der Waals surface area contributed by atoms with E-state index < -0.39 is 36.9 Å². The Morgan fingerprint density at radius 2 is 2.28 bits per heavy atom. The normalized spacial score (nSPS) is 27.1. The summed E-state index contributed by atoms with van der Waals surface area (Å²) in [6.45, 7) is 1.80. The summed E-state index contributed by atoms with van der Waals surface area (Å²) in [5.74, 6) is 0. The molecule has 11 nitrogen and oxygen atoms in total. The third kappa shape index (κ3) is 4.64. The lowest BCUT2D eigenvalue weighted by molar-refractivity contribution is -0.154. The summed E-state index contributed by atoms with van der Waals surface area (Å²) < 4.78 is 34.2. The van der Waals surface area contributed by atoms with Crippen LogP contribution in [0.2, 0.25) is 0 Å². The molecule has 1 saturated heterocycles. The molecule has 0 radical (unpaired) electrons. The van der Waals surface area contributed by atoms with Crippen molar-refractivity contribution in [3.8, 4) is 0 Å². The summed E-state index contributed by atoms with van der Waals surface area (Å²) in [7, 11) is -1.49. The van der Waals surface area contributed by atoms with Gasteiger partial charge in [0.1, 0.15) is 11.8 Å². The molecule has 0 amide bonds. The predicted octanol–water partition coefficient (Wildman–Crippen LogP) is -0.808. The van der Waals surface area contributed by atoms with Gasteiger partial charge in [0.05, 0.1) is 25.9 Å². The molecule has 0 aliphatic carbocycles. The maximum atomic E-state index is 11.9. The first-order valence-corrected chi connectivity index (χ1v) is 9.03. The van der Waals surface area contributed by atoms with E-state index in [1.807, 2.05) is 0 Å². The van der Waals surface area contributed by atoms with Crippen molar-refractivity contribution >= 4 is 7.75 Å². The van der Waals surface area contributed by atoms with Crippen LogP contribution in [0.1, 0.15) is 13.2 Å². The number of rotatable bonds is 8. The van der Waals surface area contributed by atoms with Gasteiger partial charge in [0, 0.05) is 26.5 Å². The van der Waals surface area contributed by atoms with Gasteiger partial charge in [-0.3, -0.25) is 14.3 Å². The fourth-order valence-corrected chi connectivity index (χ4v) is 3.46. The smallest absolute Gasteiger partial charge is 0.382 e. The van der Waals surface area contributed by atoms with Crippen molar-refractivity contribution in [2.45, 2.75) is 24.8 Å². The second-order valence-corrected chi connectivity index (χ2v) is 7.30. The number of methoxy groups -OCH3 is 1. The maximum Gasteiger partial charge on any atom is 0.403 e. The molecule has 0 bridgehead atoms. The van der Waals surface area contributed by atoms with Gasteiger partial charge in [0.2, 0.25) is 0 Å². The molecule has 0 saturated carbocycles. The zero-order chi connectivity index (χ0) is 18.7. The highest BCUT2D eigenvalue weighted by Gasteiger charge is 2.49. The lowest BCUT2D eigenvalue weighted by atomic mass is 9.99. The minimum atomic E-state index is -4.04. The Bertz CT molecular complexity index is 749. The first-order valence-electron chi connectivity index (χ1n) is 7.45. The lowest BCUT2D eigenvalue weighted by Crippen LogP contribution is -2.55. The summed E-state index contributed by atoms with van der Waals surface area (Å²) in [6, 6.07) is 0.474. The number of nitrogens with zero attached hydrogens (tertiary/aromatic N) is 1. The van der Waals surface area contributed by atoms with Crippen molar-refractivity contribution < 1.29 is 28.2 Å². The van der Waals surface area contributed by atoms with Crippen LogP contribution in [0, 0.1) is 0 Å². The van der Waals surface area contributed by atoms with Crippen LogP contribution < -0.4 is 16.3 Å². The average molecular weight is 379 g/mol. The van der Waals surface area contributed by atoms with E-state index in [1.165, 1.54) is 23.9 Å². The highest BCUT2D eigenvalue weighted by atomic mass is 31.2. The van der Waals surface area contributed by atoms with E-state index in [-0.39, 0.29) is 19.8 Å². The summed E-state index contributed by atoms with van der Waals surface area (Å²) in [5.41, 5.74) is -2.30. The fraction of sp³-hybridized carbons (Fsp3) is 0.692. The molecule has 2 unspecified atom stereocenters. The molecule has 142 valence electrons. The van der Waals surface area contributed by atoms with Crippen LogP contribution >= 0.6 is 7.75 Å². The molecule has 12 heteroatoms. The number of hydrogen-bond acceptors (Lipinski definition) is 7. The van der Waals surface area contributed by atoms with Gasteiger partial charge in [-0.25, -0.2) is 14.4 Å². The standard InChI is InChI=1S/C13H22N3O8P/c1-9(16-5-4-11(17)14-12(16)18)24-13(7-21-2)8-23-6-10(13)15-25(19,20)22-3/h4-5,9-10H,6-8H2,1-3H3,(H,14,17,18)(H2,15,19,20)/t9?,10-,13-/m0/s1. The third-order valence-electron chi connectivity index (χ3n) is 3.87. The number of hydrogen-bond donors (Lipinski definition) is 3. The molecule has 0 aromatic carbocycles. The molecule has 1 aliphatic rings. The molecule has 2 rings (SSSR count).